The predicted octanol–water partition coefficient (Wildman–Crippen LogP) is 4.74. The van der Waals surface area contributed by atoms with Crippen molar-refractivity contribution in [2.75, 3.05) is 24.6 Å². The molecule has 0 N–H and O–H groups in total. The van der Waals surface area contributed by atoms with Gasteiger partial charge in [-0.2, -0.15) is 5.26 Å². The molecular weight excluding hydrogens is 364 g/mol. The number of carbonyl (C=O) groups is 1. The van der Waals surface area contributed by atoms with Gasteiger partial charge in [0.15, 0.2) is 11.7 Å². The van der Waals surface area contributed by atoms with E-state index in [4.69, 9.17) is 9.72 Å². The van der Waals surface area contributed by atoms with Crippen molar-refractivity contribution in [1.29, 1.82) is 5.26 Å². The van der Waals surface area contributed by atoms with Crippen LogP contribution >= 0.6 is 0 Å². The number of unbranched alkanes of at least 4 members (excludes halogenated alkanes) is 4. The van der Waals surface area contributed by atoms with Gasteiger partial charge in [-0.1, -0.05) is 44.7 Å². The van der Waals surface area contributed by atoms with Gasteiger partial charge in [0, 0.05) is 13.1 Å². The lowest BCUT2D eigenvalue weighted by Crippen LogP contribution is -2.32. The number of fused-ring (bicyclic) bond motifs is 1. The Morgan fingerprint density at radius 3 is 2.48 bits per heavy atom. The number of nitriles is 1. The molecule has 1 aliphatic heterocycles. The van der Waals surface area contributed by atoms with Crippen molar-refractivity contribution < 1.29 is 9.53 Å². The average molecular weight is 395 g/mol. The second-order valence-electron chi connectivity index (χ2n) is 7.61. The van der Waals surface area contributed by atoms with Crippen molar-refractivity contribution >= 4 is 22.8 Å². The number of anilines is 1. The second kappa shape index (κ2) is 10.8. The molecule has 6 nitrogen and oxygen atoms in total. The van der Waals surface area contributed by atoms with Crippen molar-refractivity contribution in [3.63, 3.8) is 0 Å². The summed E-state index contributed by atoms with van der Waals surface area (Å²) in [5, 5.41) is 9.78. The maximum atomic E-state index is 12.7. The van der Waals surface area contributed by atoms with Crippen LogP contribution in [0, 0.1) is 11.3 Å². The van der Waals surface area contributed by atoms with Crippen LogP contribution < -0.4 is 4.90 Å². The highest BCUT2D eigenvalue weighted by Crippen LogP contribution is 2.29. The fraction of sp³-hybridized carbons (Fsp3) is 0.565. The molecule has 29 heavy (non-hydrogen) atoms. The molecule has 0 radical (unpaired) electrons. The summed E-state index contributed by atoms with van der Waals surface area (Å²) >= 11 is 0. The predicted molar refractivity (Wildman–Crippen MR) is 114 cm³/mol. The number of esters is 1. The Hall–Kier alpha value is -2.68. The SMILES string of the molecule is CCCCCCCOC(=O)C(C#N)c1nc2ccccc2nc1N1CCCCC1. The van der Waals surface area contributed by atoms with Crippen LogP contribution in [0.2, 0.25) is 0 Å². The van der Waals surface area contributed by atoms with E-state index in [0.717, 1.165) is 50.7 Å². The number of ether oxygens (including phenoxy) is 1. The first-order valence-electron chi connectivity index (χ1n) is 10.8. The third-order valence-electron chi connectivity index (χ3n) is 5.36. The molecule has 3 rings (SSSR count). The van der Waals surface area contributed by atoms with Gasteiger partial charge in [-0.3, -0.25) is 4.79 Å². The minimum absolute atomic E-state index is 0.348. The molecule has 1 unspecified atom stereocenters. The summed E-state index contributed by atoms with van der Waals surface area (Å²) in [7, 11) is 0. The van der Waals surface area contributed by atoms with Crippen molar-refractivity contribution in [2.45, 2.75) is 64.2 Å². The third kappa shape index (κ3) is 5.44. The van der Waals surface area contributed by atoms with Crippen LogP contribution in [0.15, 0.2) is 24.3 Å². The molecule has 154 valence electrons. The van der Waals surface area contributed by atoms with Crippen LogP contribution in [-0.2, 0) is 9.53 Å². The summed E-state index contributed by atoms with van der Waals surface area (Å²) in [5.74, 6) is -0.930. The summed E-state index contributed by atoms with van der Waals surface area (Å²) in [6.45, 7) is 4.25. The molecule has 1 aromatic heterocycles. The molecule has 1 saturated heterocycles. The van der Waals surface area contributed by atoms with Crippen LogP contribution in [0.25, 0.3) is 11.0 Å². The molecular formula is C23H30N4O2. The van der Waals surface area contributed by atoms with Gasteiger partial charge < -0.3 is 9.64 Å². The van der Waals surface area contributed by atoms with Crippen molar-refractivity contribution in [1.82, 2.24) is 9.97 Å². The van der Waals surface area contributed by atoms with Crippen LogP contribution in [0.5, 0.6) is 0 Å². The van der Waals surface area contributed by atoms with E-state index in [-0.39, 0.29) is 0 Å². The zero-order valence-electron chi connectivity index (χ0n) is 17.3. The van der Waals surface area contributed by atoms with E-state index in [0.29, 0.717) is 23.6 Å². The molecule has 0 aliphatic carbocycles. The maximum Gasteiger partial charge on any atom is 0.329 e. The Morgan fingerprint density at radius 2 is 1.79 bits per heavy atom. The van der Waals surface area contributed by atoms with Crippen LogP contribution in [0.3, 0.4) is 0 Å². The van der Waals surface area contributed by atoms with Gasteiger partial charge in [-0.05, 0) is 37.8 Å². The Kier molecular flexibility index (Phi) is 7.80. The van der Waals surface area contributed by atoms with E-state index in [1.165, 1.54) is 19.3 Å². The highest BCUT2D eigenvalue weighted by molar-refractivity contribution is 5.85. The number of carbonyl (C=O) groups excluding carboxylic acids is 1. The molecule has 1 aromatic carbocycles. The number of nitrogens with zero attached hydrogens (tertiary/aromatic N) is 4. The summed E-state index contributed by atoms with van der Waals surface area (Å²) in [6.07, 6.45) is 8.72. The monoisotopic (exact) mass is 394 g/mol. The standard InChI is InChI=1S/C23H30N4O2/c1-2-3-4-5-11-16-29-23(28)18(17-24)21-22(27-14-9-6-10-15-27)26-20-13-8-7-12-19(20)25-21/h7-8,12-13,18H,2-6,9-11,14-16H2,1H3. The van der Waals surface area contributed by atoms with Gasteiger partial charge in [-0.15, -0.1) is 0 Å². The number of benzene rings is 1. The molecule has 6 heteroatoms. The lowest BCUT2D eigenvalue weighted by molar-refractivity contribution is -0.144. The topological polar surface area (TPSA) is 79.1 Å². The van der Waals surface area contributed by atoms with E-state index in [2.05, 4.69) is 22.9 Å². The average Bonchev–Trinajstić information content (AvgIpc) is 2.77. The molecule has 0 bridgehead atoms. The van der Waals surface area contributed by atoms with Crippen LogP contribution in [0.1, 0.15) is 69.9 Å². The molecule has 0 saturated carbocycles. The fourth-order valence-electron chi connectivity index (χ4n) is 3.72. The van der Waals surface area contributed by atoms with E-state index in [1.807, 2.05) is 24.3 Å². The van der Waals surface area contributed by atoms with E-state index in [1.54, 1.807) is 0 Å². The van der Waals surface area contributed by atoms with Crippen molar-refractivity contribution in [3.8, 4) is 6.07 Å². The molecule has 1 fully saturated rings. The Bertz CT molecular complexity index is 856. The van der Waals surface area contributed by atoms with Crippen molar-refractivity contribution in [3.05, 3.63) is 30.0 Å². The minimum Gasteiger partial charge on any atom is -0.464 e. The summed E-state index contributed by atoms with van der Waals surface area (Å²) in [4.78, 5) is 24.3. The van der Waals surface area contributed by atoms with Gasteiger partial charge in [0.1, 0.15) is 5.69 Å². The molecule has 2 heterocycles. The molecule has 0 amide bonds. The van der Waals surface area contributed by atoms with Gasteiger partial charge in [0.2, 0.25) is 0 Å². The largest absolute Gasteiger partial charge is 0.464 e. The quantitative estimate of drug-likeness (QED) is 0.451. The van der Waals surface area contributed by atoms with E-state index < -0.39 is 11.9 Å². The fourth-order valence-corrected chi connectivity index (χ4v) is 3.72. The first-order valence-corrected chi connectivity index (χ1v) is 10.8. The summed E-state index contributed by atoms with van der Waals surface area (Å²) < 4.78 is 5.44. The zero-order chi connectivity index (χ0) is 20.5. The second-order valence-corrected chi connectivity index (χ2v) is 7.61. The number of para-hydroxylation sites is 2. The number of rotatable bonds is 9. The lowest BCUT2D eigenvalue weighted by atomic mass is 10.0. The van der Waals surface area contributed by atoms with E-state index >= 15 is 0 Å². The number of hydrogen-bond donors (Lipinski definition) is 0. The normalized spacial score (nSPS) is 15.1. The third-order valence-corrected chi connectivity index (χ3v) is 5.36. The molecule has 0 spiro atoms. The smallest absolute Gasteiger partial charge is 0.329 e. The van der Waals surface area contributed by atoms with Gasteiger partial charge in [-0.25, -0.2) is 9.97 Å². The minimum atomic E-state index is -1.06. The molecule has 1 aliphatic rings. The summed E-state index contributed by atoms with van der Waals surface area (Å²) in [5.41, 5.74) is 1.89. The van der Waals surface area contributed by atoms with Crippen LogP contribution in [0.4, 0.5) is 5.82 Å². The zero-order valence-corrected chi connectivity index (χ0v) is 17.3. The number of aromatic nitrogens is 2. The van der Waals surface area contributed by atoms with Gasteiger partial charge >= 0.3 is 5.97 Å². The Balaban J connectivity index is 1.80. The van der Waals surface area contributed by atoms with Gasteiger partial charge in [0.25, 0.3) is 0 Å². The van der Waals surface area contributed by atoms with Crippen LogP contribution in [-0.4, -0.2) is 35.6 Å². The Morgan fingerprint density at radius 1 is 1.10 bits per heavy atom. The Labute approximate surface area is 172 Å². The first-order chi connectivity index (χ1) is 14.2. The van der Waals surface area contributed by atoms with E-state index in [9.17, 15) is 10.1 Å². The molecule has 1 atom stereocenters. The maximum absolute atomic E-state index is 12.7. The van der Waals surface area contributed by atoms with Crippen molar-refractivity contribution in [2.24, 2.45) is 0 Å². The number of piperidine rings is 1. The number of hydrogen-bond acceptors (Lipinski definition) is 6. The lowest BCUT2D eigenvalue weighted by Gasteiger charge is -2.29. The first kappa shape index (κ1) is 21.0. The molecule has 2 aromatic rings. The summed E-state index contributed by atoms with van der Waals surface area (Å²) in [6, 6.07) is 9.70. The van der Waals surface area contributed by atoms with Gasteiger partial charge in [0.05, 0.1) is 23.7 Å². The highest BCUT2D eigenvalue weighted by Gasteiger charge is 2.30. The highest BCUT2D eigenvalue weighted by atomic mass is 16.5.